The van der Waals surface area contributed by atoms with Crippen LogP contribution in [-0.2, 0) is 4.79 Å². The van der Waals surface area contributed by atoms with Crippen molar-refractivity contribution in [3.63, 3.8) is 0 Å². The van der Waals surface area contributed by atoms with Crippen molar-refractivity contribution in [1.82, 2.24) is 9.80 Å². The molecule has 3 amide bonds. The van der Waals surface area contributed by atoms with Crippen LogP contribution in [0.25, 0.3) is 10.8 Å². The normalized spacial score (nSPS) is 20.3. The second kappa shape index (κ2) is 5.99. The van der Waals surface area contributed by atoms with E-state index >= 15 is 0 Å². The first-order chi connectivity index (χ1) is 12.1. The number of likely N-dealkylation sites (tertiary alicyclic amines) is 1. The van der Waals surface area contributed by atoms with E-state index in [0.29, 0.717) is 35.5 Å². The number of carbonyl (C=O) groups is 3. The van der Waals surface area contributed by atoms with Crippen LogP contribution in [0.1, 0.15) is 40.5 Å². The van der Waals surface area contributed by atoms with E-state index in [2.05, 4.69) is 6.92 Å². The van der Waals surface area contributed by atoms with E-state index in [9.17, 15) is 14.4 Å². The summed E-state index contributed by atoms with van der Waals surface area (Å²) in [6.45, 7) is 3.33. The molecule has 5 nitrogen and oxygen atoms in total. The minimum Gasteiger partial charge on any atom is -0.341 e. The van der Waals surface area contributed by atoms with E-state index in [0.717, 1.165) is 23.1 Å². The summed E-state index contributed by atoms with van der Waals surface area (Å²) in [4.78, 5) is 41.2. The van der Waals surface area contributed by atoms with Crippen LogP contribution in [0.15, 0.2) is 36.4 Å². The standard InChI is InChI=1S/C20H20N2O3/c1-13-5-4-10-21(11-13)17(23)12-22-19(24)15-8-2-6-14-7-3-9-16(18(14)15)20(22)25/h2-3,6-9,13H,4-5,10-12H2,1H3. The molecule has 2 aliphatic rings. The molecule has 128 valence electrons. The quantitative estimate of drug-likeness (QED) is 0.792. The third-order valence-electron chi connectivity index (χ3n) is 5.16. The molecule has 0 radical (unpaired) electrons. The highest BCUT2D eigenvalue weighted by molar-refractivity contribution is 6.26. The average molecular weight is 336 g/mol. The first-order valence-electron chi connectivity index (χ1n) is 8.72. The summed E-state index contributed by atoms with van der Waals surface area (Å²) in [7, 11) is 0. The third-order valence-corrected chi connectivity index (χ3v) is 5.16. The minimum absolute atomic E-state index is 0.153. The van der Waals surface area contributed by atoms with Crippen molar-refractivity contribution < 1.29 is 14.4 Å². The third kappa shape index (κ3) is 2.60. The summed E-state index contributed by atoms with van der Waals surface area (Å²) in [5.74, 6) is -0.458. The largest absolute Gasteiger partial charge is 0.341 e. The van der Waals surface area contributed by atoms with Gasteiger partial charge in [0.05, 0.1) is 0 Å². The van der Waals surface area contributed by atoms with Crippen molar-refractivity contribution in [2.24, 2.45) is 5.92 Å². The van der Waals surface area contributed by atoms with E-state index < -0.39 is 0 Å². The molecule has 1 saturated heterocycles. The fourth-order valence-electron chi connectivity index (χ4n) is 3.88. The van der Waals surface area contributed by atoms with Gasteiger partial charge in [0.2, 0.25) is 5.91 Å². The van der Waals surface area contributed by atoms with Gasteiger partial charge in [0.15, 0.2) is 0 Å². The number of rotatable bonds is 2. The second-order valence-electron chi connectivity index (χ2n) is 6.99. The van der Waals surface area contributed by atoms with E-state index in [-0.39, 0.29) is 24.3 Å². The number of benzene rings is 2. The molecule has 0 bridgehead atoms. The van der Waals surface area contributed by atoms with Crippen LogP contribution in [0.2, 0.25) is 0 Å². The van der Waals surface area contributed by atoms with E-state index in [1.807, 2.05) is 24.3 Å². The van der Waals surface area contributed by atoms with Gasteiger partial charge in [-0.3, -0.25) is 19.3 Å². The molecule has 2 aliphatic heterocycles. The van der Waals surface area contributed by atoms with Gasteiger partial charge in [-0.15, -0.1) is 0 Å². The van der Waals surface area contributed by atoms with Gasteiger partial charge in [-0.2, -0.15) is 0 Å². The predicted octanol–water partition coefficient (Wildman–Crippen LogP) is 2.69. The van der Waals surface area contributed by atoms with Crippen LogP contribution < -0.4 is 0 Å². The van der Waals surface area contributed by atoms with Gasteiger partial charge < -0.3 is 4.90 Å². The summed E-state index contributed by atoms with van der Waals surface area (Å²) in [6.07, 6.45) is 2.08. The Morgan fingerprint density at radius 2 is 1.72 bits per heavy atom. The Labute approximate surface area is 146 Å². The van der Waals surface area contributed by atoms with E-state index in [1.165, 1.54) is 0 Å². The van der Waals surface area contributed by atoms with Crippen LogP contribution in [0.3, 0.4) is 0 Å². The first-order valence-corrected chi connectivity index (χ1v) is 8.72. The topological polar surface area (TPSA) is 57.7 Å². The molecule has 25 heavy (non-hydrogen) atoms. The zero-order valence-corrected chi connectivity index (χ0v) is 14.2. The summed E-state index contributed by atoms with van der Waals surface area (Å²) in [6, 6.07) is 10.8. The van der Waals surface area contributed by atoms with Crippen molar-refractivity contribution in [3.8, 4) is 0 Å². The Balaban J connectivity index is 1.65. The lowest BCUT2D eigenvalue weighted by molar-refractivity contribution is -0.133. The maximum atomic E-state index is 12.8. The Bertz CT molecular complexity index is 839. The minimum atomic E-state index is -0.382. The molecule has 2 aromatic rings. The number of hydrogen-bond acceptors (Lipinski definition) is 3. The SMILES string of the molecule is CC1CCCN(C(=O)CN2C(=O)c3cccc4cccc(c34)C2=O)C1. The van der Waals surface area contributed by atoms with Gasteiger partial charge >= 0.3 is 0 Å². The molecule has 4 rings (SSSR count). The maximum Gasteiger partial charge on any atom is 0.261 e. The summed E-state index contributed by atoms with van der Waals surface area (Å²) in [5, 5.41) is 1.56. The van der Waals surface area contributed by atoms with Crippen molar-refractivity contribution in [1.29, 1.82) is 0 Å². The Kier molecular flexibility index (Phi) is 3.79. The lowest BCUT2D eigenvalue weighted by Gasteiger charge is -2.33. The molecule has 0 spiro atoms. The molecule has 0 N–H and O–H groups in total. The van der Waals surface area contributed by atoms with Crippen molar-refractivity contribution in [2.45, 2.75) is 19.8 Å². The Morgan fingerprint density at radius 1 is 1.08 bits per heavy atom. The molecular formula is C20H20N2O3. The number of carbonyl (C=O) groups excluding carboxylic acids is 3. The molecule has 0 aliphatic carbocycles. The fourth-order valence-corrected chi connectivity index (χ4v) is 3.88. The van der Waals surface area contributed by atoms with E-state index in [1.54, 1.807) is 17.0 Å². The van der Waals surface area contributed by atoms with Gasteiger partial charge in [-0.25, -0.2) is 0 Å². The molecule has 5 heteroatoms. The van der Waals surface area contributed by atoms with Gasteiger partial charge in [0.1, 0.15) is 6.54 Å². The van der Waals surface area contributed by atoms with E-state index in [4.69, 9.17) is 0 Å². The average Bonchev–Trinajstić information content (AvgIpc) is 2.63. The zero-order valence-electron chi connectivity index (χ0n) is 14.2. The van der Waals surface area contributed by atoms with Crippen molar-refractivity contribution in [3.05, 3.63) is 47.5 Å². The predicted molar refractivity (Wildman–Crippen MR) is 94.3 cm³/mol. The summed E-state index contributed by atoms with van der Waals surface area (Å²) in [5.41, 5.74) is 0.986. The van der Waals surface area contributed by atoms with Gasteiger partial charge in [-0.05, 0) is 36.3 Å². The van der Waals surface area contributed by atoms with Crippen molar-refractivity contribution in [2.75, 3.05) is 19.6 Å². The first kappa shape index (κ1) is 15.8. The highest BCUT2D eigenvalue weighted by Gasteiger charge is 2.35. The number of piperidine rings is 1. The molecule has 2 aromatic carbocycles. The lowest BCUT2D eigenvalue weighted by Crippen LogP contribution is -2.49. The Morgan fingerprint density at radius 3 is 2.32 bits per heavy atom. The van der Waals surface area contributed by atoms with Gasteiger partial charge in [0.25, 0.3) is 11.8 Å². The molecular weight excluding hydrogens is 316 g/mol. The lowest BCUT2D eigenvalue weighted by atomic mass is 9.94. The van der Waals surface area contributed by atoms with Crippen LogP contribution in [-0.4, -0.2) is 47.2 Å². The molecule has 0 aromatic heterocycles. The maximum absolute atomic E-state index is 12.8. The zero-order chi connectivity index (χ0) is 17.6. The highest BCUT2D eigenvalue weighted by Crippen LogP contribution is 2.30. The van der Waals surface area contributed by atoms with Crippen LogP contribution in [0, 0.1) is 5.92 Å². The Hall–Kier alpha value is -2.69. The number of nitrogens with zero attached hydrogens (tertiary/aromatic N) is 2. The summed E-state index contributed by atoms with van der Waals surface area (Å²) >= 11 is 0. The molecule has 1 atom stereocenters. The smallest absolute Gasteiger partial charge is 0.261 e. The summed E-state index contributed by atoms with van der Waals surface area (Å²) < 4.78 is 0. The van der Waals surface area contributed by atoms with Crippen LogP contribution >= 0.6 is 0 Å². The monoisotopic (exact) mass is 336 g/mol. The van der Waals surface area contributed by atoms with Crippen molar-refractivity contribution >= 4 is 28.5 Å². The second-order valence-corrected chi connectivity index (χ2v) is 6.99. The van der Waals surface area contributed by atoms with Crippen LogP contribution in [0.4, 0.5) is 0 Å². The molecule has 1 fully saturated rings. The van der Waals surface area contributed by atoms with Gasteiger partial charge in [-0.1, -0.05) is 31.2 Å². The van der Waals surface area contributed by atoms with Gasteiger partial charge in [0, 0.05) is 29.6 Å². The van der Waals surface area contributed by atoms with Crippen LogP contribution in [0.5, 0.6) is 0 Å². The number of imide groups is 1. The highest BCUT2D eigenvalue weighted by atomic mass is 16.2. The molecule has 1 unspecified atom stereocenters. The molecule has 2 heterocycles. The fraction of sp³-hybridized carbons (Fsp3) is 0.350. The molecule has 0 saturated carbocycles. The number of amides is 3. The number of hydrogen-bond donors (Lipinski definition) is 0.